The molecule has 2 rings (SSSR count). The zero-order valence-electron chi connectivity index (χ0n) is 10.2. The van der Waals surface area contributed by atoms with Gasteiger partial charge in [0.25, 0.3) is 0 Å². The molecule has 0 saturated carbocycles. The summed E-state index contributed by atoms with van der Waals surface area (Å²) < 4.78 is 2.17. The fourth-order valence-corrected chi connectivity index (χ4v) is 2.44. The Kier molecular flexibility index (Phi) is 4.08. The van der Waals surface area contributed by atoms with Gasteiger partial charge in [0.1, 0.15) is 10.8 Å². The van der Waals surface area contributed by atoms with E-state index in [-0.39, 0.29) is 0 Å². The molecule has 0 bridgehead atoms. The minimum absolute atomic E-state index is 0.760. The number of nitrogens with one attached hydrogen (secondary N) is 1. The van der Waals surface area contributed by atoms with E-state index in [1.54, 1.807) is 11.3 Å². The number of imidazole rings is 1. The lowest BCUT2D eigenvalue weighted by Gasteiger charge is -2.03. The van der Waals surface area contributed by atoms with Gasteiger partial charge in [-0.2, -0.15) is 0 Å². The molecule has 0 aliphatic rings. The van der Waals surface area contributed by atoms with E-state index in [0.29, 0.717) is 0 Å². The molecule has 0 saturated heterocycles. The molecule has 2 aromatic heterocycles. The summed E-state index contributed by atoms with van der Waals surface area (Å²) in [5, 5.41) is 13.3. The van der Waals surface area contributed by atoms with Crippen LogP contribution in [0, 0.1) is 0 Å². The Bertz CT molecular complexity index is 462. The number of anilines is 1. The highest BCUT2D eigenvalue weighted by Gasteiger charge is 2.08. The van der Waals surface area contributed by atoms with Crippen molar-refractivity contribution >= 4 is 16.5 Å². The van der Waals surface area contributed by atoms with Crippen LogP contribution in [0.4, 0.5) is 5.13 Å². The molecular weight excluding hydrogens is 234 g/mol. The molecule has 2 heterocycles. The molecule has 0 fully saturated rings. The Labute approximate surface area is 105 Å². The van der Waals surface area contributed by atoms with Crippen LogP contribution in [-0.2, 0) is 13.0 Å². The van der Waals surface area contributed by atoms with Crippen molar-refractivity contribution < 1.29 is 0 Å². The Balaban J connectivity index is 2.05. The molecular formula is C11H17N5S. The molecule has 0 aliphatic carbocycles. The maximum Gasteiger partial charge on any atom is 0.205 e. The van der Waals surface area contributed by atoms with Crippen LogP contribution >= 0.6 is 11.3 Å². The minimum Gasteiger partial charge on any atom is -0.360 e. The van der Waals surface area contributed by atoms with Gasteiger partial charge in [-0.05, 0) is 13.3 Å². The van der Waals surface area contributed by atoms with Crippen LogP contribution in [0.25, 0.3) is 0 Å². The average molecular weight is 251 g/mol. The van der Waals surface area contributed by atoms with Gasteiger partial charge in [-0.15, -0.1) is 10.2 Å². The first-order valence-corrected chi connectivity index (χ1v) is 6.71. The molecule has 17 heavy (non-hydrogen) atoms. The Morgan fingerprint density at radius 1 is 1.35 bits per heavy atom. The van der Waals surface area contributed by atoms with E-state index in [9.17, 15) is 0 Å². The monoisotopic (exact) mass is 251 g/mol. The fourth-order valence-electron chi connectivity index (χ4n) is 1.63. The van der Waals surface area contributed by atoms with Gasteiger partial charge in [-0.1, -0.05) is 18.3 Å². The van der Waals surface area contributed by atoms with Crippen LogP contribution in [0.15, 0.2) is 12.4 Å². The molecule has 0 radical (unpaired) electrons. The quantitative estimate of drug-likeness (QED) is 0.855. The topological polar surface area (TPSA) is 55.6 Å². The normalized spacial score (nSPS) is 10.7. The highest BCUT2D eigenvalue weighted by Crippen LogP contribution is 2.17. The highest BCUT2D eigenvalue weighted by atomic mass is 32.1. The lowest BCUT2D eigenvalue weighted by atomic mass is 10.4. The molecule has 0 spiro atoms. The van der Waals surface area contributed by atoms with E-state index >= 15 is 0 Å². The SMILES string of the molecule is CCCn1ccnc1Cc1nnc(NCC)s1. The summed E-state index contributed by atoms with van der Waals surface area (Å²) in [5.74, 6) is 1.06. The maximum absolute atomic E-state index is 4.37. The number of nitrogens with zero attached hydrogens (tertiary/aromatic N) is 4. The van der Waals surface area contributed by atoms with Crippen molar-refractivity contribution in [2.45, 2.75) is 33.2 Å². The summed E-state index contributed by atoms with van der Waals surface area (Å²) in [4.78, 5) is 4.37. The lowest BCUT2D eigenvalue weighted by Crippen LogP contribution is -2.03. The summed E-state index contributed by atoms with van der Waals surface area (Å²) in [6, 6.07) is 0. The Hall–Kier alpha value is -1.43. The van der Waals surface area contributed by atoms with Crippen molar-refractivity contribution in [2.24, 2.45) is 0 Å². The zero-order chi connectivity index (χ0) is 12.1. The third-order valence-corrected chi connectivity index (χ3v) is 3.25. The lowest BCUT2D eigenvalue weighted by molar-refractivity contribution is 0.645. The summed E-state index contributed by atoms with van der Waals surface area (Å²) in [6.45, 7) is 6.10. The molecule has 1 N–H and O–H groups in total. The first kappa shape index (κ1) is 12.0. The molecule has 6 heteroatoms. The van der Waals surface area contributed by atoms with Crippen LogP contribution < -0.4 is 5.32 Å². The number of rotatable bonds is 6. The van der Waals surface area contributed by atoms with E-state index in [1.165, 1.54) is 0 Å². The second kappa shape index (κ2) is 5.77. The first-order chi connectivity index (χ1) is 8.33. The third-order valence-electron chi connectivity index (χ3n) is 2.37. The van der Waals surface area contributed by atoms with E-state index in [2.05, 4.69) is 38.9 Å². The first-order valence-electron chi connectivity index (χ1n) is 5.89. The van der Waals surface area contributed by atoms with Crippen LogP contribution in [0.2, 0.25) is 0 Å². The van der Waals surface area contributed by atoms with Crippen molar-refractivity contribution in [2.75, 3.05) is 11.9 Å². The van der Waals surface area contributed by atoms with E-state index < -0.39 is 0 Å². The number of aromatic nitrogens is 4. The number of hydrogen-bond acceptors (Lipinski definition) is 5. The summed E-state index contributed by atoms with van der Waals surface area (Å²) in [6.07, 6.45) is 5.74. The van der Waals surface area contributed by atoms with Crippen molar-refractivity contribution in [1.29, 1.82) is 0 Å². The Morgan fingerprint density at radius 3 is 3.00 bits per heavy atom. The predicted molar refractivity (Wildman–Crippen MR) is 69.4 cm³/mol. The zero-order valence-corrected chi connectivity index (χ0v) is 11.0. The molecule has 92 valence electrons. The third kappa shape index (κ3) is 3.03. The summed E-state index contributed by atoms with van der Waals surface area (Å²) in [5.41, 5.74) is 0. The van der Waals surface area contributed by atoms with Gasteiger partial charge in [0, 0.05) is 25.5 Å². The van der Waals surface area contributed by atoms with E-state index in [1.807, 2.05) is 12.4 Å². The van der Waals surface area contributed by atoms with Gasteiger partial charge in [-0.3, -0.25) is 0 Å². The van der Waals surface area contributed by atoms with E-state index in [0.717, 1.165) is 41.9 Å². The van der Waals surface area contributed by atoms with Gasteiger partial charge in [0.15, 0.2) is 0 Å². The van der Waals surface area contributed by atoms with E-state index in [4.69, 9.17) is 0 Å². The smallest absolute Gasteiger partial charge is 0.205 e. The highest BCUT2D eigenvalue weighted by molar-refractivity contribution is 7.15. The van der Waals surface area contributed by atoms with Crippen molar-refractivity contribution in [3.63, 3.8) is 0 Å². The van der Waals surface area contributed by atoms with Gasteiger partial charge < -0.3 is 9.88 Å². The van der Waals surface area contributed by atoms with Crippen LogP contribution in [0.3, 0.4) is 0 Å². The second-order valence-corrected chi connectivity index (χ2v) is 4.81. The number of hydrogen-bond donors (Lipinski definition) is 1. The van der Waals surface area contributed by atoms with Gasteiger partial charge in [0.05, 0.1) is 6.42 Å². The standard InChI is InChI=1S/C11H17N5S/c1-3-6-16-7-5-13-9(16)8-10-14-15-11(17-10)12-4-2/h5,7H,3-4,6,8H2,1-2H3,(H,12,15). The van der Waals surface area contributed by atoms with Gasteiger partial charge in [0.2, 0.25) is 5.13 Å². The van der Waals surface area contributed by atoms with Gasteiger partial charge >= 0.3 is 0 Å². The Morgan fingerprint density at radius 2 is 2.24 bits per heavy atom. The van der Waals surface area contributed by atoms with Crippen LogP contribution in [0.1, 0.15) is 31.1 Å². The summed E-state index contributed by atoms with van der Waals surface area (Å²) >= 11 is 1.60. The van der Waals surface area contributed by atoms with Crippen molar-refractivity contribution in [3.8, 4) is 0 Å². The molecule has 2 aromatic rings. The van der Waals surface area contributed by atoms with Crippen LogP contribution in [0.5, 0.6) is 0 Å². The van der Waals surface area contributed by atoms with Gasteiger partial charge in [-0.25, -0.2) is 4.98 Å². The fraction of sp³-hybridized carbons (Fsp3) is 0.545. The van der Waals surface area contributed by atoms with Crippen molar-refractivity contribution in [3.05, 3.63) is 23.2 Å². The largest absolute Gasteiger partial charge is 0.360 e. The predicted octanol–water partition coefficient (Wildman–Crippen LogP) is 2.17. The second-order valence-electron chi connectivity index (χ2n) is 3.74. The van der Waals surface area contributed by atoms with Crippen LogP contribution in [-0.4, -0.2) is 26.3 Å². The summed E-state index contributed by atoms with van der Waals surface area (Å²) in [7, 11) is 0. The molecule has 0 aliphatic heterocycles. The number of aryl methyl sites for hydroxylation is 1. The average Bonchev–Trinajstić information content (AvgIpc) is 2.91. The molecule has 0 aromatic carbocycles. The van der Waals surface area contributed by atoms with Crippen molar-refractivity contribution in [1.82, 2.24) is 19.7 Å². The maximum atomic E-state index is 4.37. The molecule has 0 atom stereocenters. The minimum atomic E-state index is 0.760. The molecule has 0 unspecified atom stereocenters. The molecule has 0 amide bonds. The molecule has 5 nitrogen and oxygen atoms in total.